The van der Waals surface area contributed by atoms with Gasteiger partial charge in [-0.05, 0) is 31.2 Å². The second-order valence-corrected chi connectivity index (χ2v) is 5.48. The number of carbonyl (C=O) groups is 1. The first-order chi connectivity index (χ1) is 9.60. The summed E-state index contributed by atoms with van der Waals surface area (Å²) in [5.74, 6) is -0.153. The van der Waals surface area contributed by atoms with Crippen molar-refractivity contribution in [3.05, 3.63) is 36.2 Å². The number of rotatable bonds is 3. The number of carbonyl (C=O) groups excluding carboxylic acids is 1. The van der Waals surface area contributed by atoms with Crippen molar-refractivity contribution in [1.82, 2.24) is 14.8 Å². The van der Waals surface area contributed by atoms with Crippen molar-refractivity contribution >= 4 is 38.3 Å². The van der Waals surface area contributed by atoms with Gasteiger partial charge in [0.05, 0.1) is 15.9 Å². The Morgan fingerprint density at radius 1 is 1.45 bits per heavy atom. The molecule has 0 saturated heterocycles. The van der Waals surface area contributed by atoms with Gasteiger partial charge >= 0.3 is 0 Å². The number of amides is 1. The molecule has 2 heterocycles. The van der Waals surface area contributed by atoms with Gasteiger partial charge < -0.3 is 11.1 Å². The third-order valence-electron chi connectivity index (χ3n) is 2.74. The highest BCUT2D eigenvalue weighted by Crippen LogP contribution is 2.27. The number of fused-ring (bicyclic) bond motifs is 1. The van der Waals surface area contributed by atoms with Gasteiger partial charge in [-0.2, -0.15) is 5.10 Å². The van der Waals surface area contributed by atoms with E-state index < -0.39 is 0 Å². The number of aryl methyl sites for hydroxylation is 1. The molecular formula is C13H13N5OS. The highest BCUT2D eigenvalue weighted by atomic mass is 32.1. The van der Waals surface area contributed by atoms with Crippen LogP contribution >= 0.6 is 11.3 Å². The van der Waals surface area contributed by atoms with Crippen molar-refractivity contribution < 1.29 is 4.79 Å². The lowest BCUT2D eigenvalue weighted by molar-refractivity contribution is -0.116. The Morgan fingerprint density at radius 3 is 3.05 bits per heavy atom. The van der Waals surface area contributed by atoms with Gasteiger partial charge in [-0.1, -0.05) is 11.3 Å². The molecule has 3 aromatic rings. The Morgan fingerprint density at radius 2 is 2.30 bits per heavy atom. The summed E-state index contributed by atoms with van der Waals surface area (Å²) < 4.78 is 2.55. The Labute approximate surface area is 119 Å². The number of hydrogen-bond donors (Lipinski definition) is 2. The quantitative estimate of drug-likeness (QED) is 0.722. The van der Waals surface area contributed by atoms with Crippen LogP contribution in [-0.2, 0) is 11.3 Å². The Bertz CT molecular complexity index is 776. The predicted molar refractivity (Wildman–Crippen MR) is 79.6 cm³/mol. The lowest BCUT2D eigenvalue weighted by Gasteiger charge is -2.01. The molecule has 2 aromatic heterocycles. The molecule has 0 saturated carbocycles. The molecule has 0 unspecified atom stereocenters. The van der Waals surface area contributed by atoms with Crippen LogP contribution in [0, 0.1) is 6.92 Å². The molecule has 0 spiro atoms. The van der Waals surface area contributed by atoms with Crippen LogP contribution in [-0.4, -0.2) is 20.7 Å². The van der Waals surface area contributed by atoms with Crippen molar-refractivity contribution in [3.63, 3.8) is 0 Å². The number of hydrogen-bond acceptors (Lipinski definition) is 5. The maximum absolute atomic E-state index is 11.9. The average Bonchev–Trinajstić information content (AvgIpc) is 2.94. The summed E-state index contributed by atoms with van der Waals surface area (Å²) >= 11 is 1.40. The summed E-state index contributed by atoms with van der Waals surface area (Å²) in [6.07, 6.45) is 1.77. The fourth-order valence-electron chi connectivity index (χ4n) is 1.85. The van der Waals surface area contributed by atoms with Gasteiger partial charge in [-0.15, -0.1) is 0 Å². The summed E-state index contributed by atoms with van der Waals surface area (Å²) in [5, 5.41) is 7.51. The summed E-state index contributed by atoms with van der Waals surface area (Å²) in [6, 6.07) is 7.33. The van der Waals surface area contributed by atoms with E-state index in [0.717, 1.165) is 15.9 Å². The predicted octanol–water partition coefficient (Wildman–Crippen LogP) is 2.02. The largest absolute Gasteiger partial charge is 0.399 e. The number of benzene rings is 1. The monoisotopic (exact) mass is 287 g/mol. The molecule has 0 aliphatic rings. The van der Waals surface area contributed by atoms with Crippen LogP contribution in [0.25, 0.3) is 10.2 Å². The standard InChI is InChI=1S/C13H13N5OS/c1-8-4-5-18(17-8)7-12(19)16-13-15-10-3-2-9(14)6-11(10)20-13/h2-6H,7,14H2,1H3,(H,15,16,19). The maximum Gasteiger partial charge on any atom is 0.247 e. The first-order valence-corrected chi connectivity index (χ1v) is 6.88. The third kappa shape index (κ3) is 2.62. The summed E-state index contributed by atoms with van der Waals surface area (Å²) in [4.78, 5) is 16.2. The van der Waals surface area contributed by atoms with Gasteiger partial charge in [0.2, 0.25) is 5.91 Å². The molecule has 3 rings (SSSR count). The second-order valence-electron chi connectivity index (χ2n) is 4.45. The highest BCUT2D eigenvalue weighted by Gasteiger charge is 2.09. The van der Waals surface area contributed by atoms with Crippen molar-refractivity contribution in [3.8, 4) is 0 Å². The van der Waals surface area contributed by atoms with Crippen molar-refractivity contribution in [2.45, 2.75) is 13.5 Å². The minimum Gasteiger partial charge on any atom is -0.399 e. The smallest absolute Gasteiger partial charge is 0.247 e. The van der Waals surface area contributed by atoms with Crippen LogP contribution in [0.3, 0.4) is 0 Å². The molecule has 0 aliphatic carbocycles. The average molecular weight is 287 g/mol. The van der Waals surface area contributed by atoms with E-state index in [1.165, 1.54) is 11.3 Å². The second kappa shape index (κ2) is 4.93. The molecule has 6 nitrogen and oxygen atoms in total. The first kappa shape index (κ1) is 12.6. The molecular weight excluding hydrogens is 274 g/mol. The van der Waals surface area contributed by atoms with Gasteiger partial charge in [0, 0.05) is 11.9 Å². The minimum atomic E-state index is -0.153. The number of anilines is 2. The van der Waals surface area contributed by atoms with Gasteiger partial charge in [-0.25, -0.2) is 4.98 Å². The summed E-state index contributed by atoms with van der Waals surface area (Å²) in [6.45, 7) is 2.05. The number of nitrogens with zero attached hydrogens (tertiary/aromatic N) is 3. The van der Waals surface area contributed by atoms with E-state index in [-0.39, 0.29) is 12.5 Å². The summed E-state index contributed by atoms with van der Waals surface area (Å²) in [7, 11) is 0. The van der Waals surface area contributed by atoms with Crippen LogP contribution in [0.4, 0.5) is 10.8 Å². The fourth-order valence-corrected chi connectivity index (χ4v) is 2.78. The molecule has 1 amide bonds. The Kier molecular flexibility index (Phi) is 3.11. The summed E-state index contributed by atoms with van der Waals surface area (Å²) in [5.41, 5.74) is 8.12. The molecule has 3 N–H and O–H groups in total. The van der Waals surface area contributed by atoms with Crippen molar-refractivity contribution in [2.24, 2.45) is 0 Å². The van der Waals surface area contributed by atoms with Crippen LogP contribution in [0.2, 0.25) is 0 Å². The zero-order valence-corrected chi connectivity index (χ0v) is 11.6. The van der Waals surface area contributed by atoms with Crippen LogP contribution in [0.1, 0.15) is 5.69 Å². The van der Waals surface area contributed by atoms with Gasteiger partial charge in [0.25, 0.3) is 0 Å². The van der Waals surface area contributed by atoms with Crippen LogP contribution in [0.15, 0.2) is 30.5 Å². The normalized spacial score (nSPS) is 10.8. The number of nitrogen functional groups attached to an aromatic ring is 1. The Balaban J connectivity index is 1.73. The van der Waals surface area contributed by atoms with E-state index in [2.05, 4.69) is 15.4 Å². The lowest BCUT2D eigenvalue weighted by Crippen LogP contribution is -2.18. The molecule has 0 atom stereocenters. The van der Waals surface area contributed by atoms with E-state index in [1.807, 2.05) is 25.1 Å². The highest BCUT2D eigenvalue weighted by molar-refractivity contribution is 7.22. The van der Waals surface area contributed by atoms with E-state index in [9.17, 15) is 4.79 Å². The SMILES string of the molecule is Cc1ccn(CC(=O)Nc2nc3ccc(N)cc3s2)n1. The van der Waals surface area contributed by atoms with E-state index in [1.54, 1.807) is 16.9 Å². The molecule has 20 heavy (non-hydrogen) atoms. The molecule has 102 valence electrons. The number of nitrogens with one attached hydrogen (secondary N) is 1. The molecule has 0 aliphatic heterocycles. The van der Waals surface area contributed by atoms with Crippen molar-refractivity contribution in [1.29, 1.82) is 0 Å². The molecule has 0 radical (unpaired) electrons. The van der Waals surface area contributed by atoms with Crippen LogP contribution in [0.5, 0.6) is 0 Å². The molecule has 1 aromatic carbocycles. The topological polar surface area (TPSA) is 85.8 Å². The van der Waals surface area contributed by atoms with Crippen LogP contribution < -0.4 is 11.1 Å². The molecule has 7 heteroatoms. The third-order valence-corrected chi connectivity index (χ3v) is 3.67. The Hall–Kier alpha value is -2.41. The van der Waals surface area contributed by atoms with E-state index in [4.69, 9.17) is 5.73 Å². The number of nitrogens with two attached hydrogens (primary N) is 1. The van der Waals surface area contributed by atoms with E-state index in [0.29, 0.717) is 10.8 Å². The van der Waals surface area contributed by atoms with E-state index >= 15 is 0 Å². The van der Waals surface area contributed by atoms with Gasteiger partial charge in [0.1, 0.15) is 6.54 Å². The maximum atomic E-state index is 11.9. The number of thiazole rings is 1. The zero-order valence-electron chi connectivity index (χ0n) is 10.8. The van der Waals surface area contributed by atoms with Gasteiger partial charge in [-0.3, -0.25) is 9.48 Å². The zero-order chi connectivity index (χ0) is 14.1. The fraction of sp³-hybridized carbons (Fsp3) is 0.154. The molecule has 0 fully saturated rings. The minimum absolute atomic E-state index is 0.153. The van der Waals surface area contributed by atoms with Crippen molar-refractivity contribution in [2.75, 3.05) is 11.1 Å². The lowest BCUT2D eigenvalue weighted by atomic mass is 10.3. The molecule has 0 bridgehead atoms. The number of aromatic nitrogens is 3. The van der Waals surface area contributed by atoms with Gasteiger partial charge in [0.15, 0.2) is 5.13 Å². The first-order valence-electron chi connectivity index (χ1n) is 6.06.